The first kappa shape index (κ1) is 54.2. The van der Waals surface area contributed by atoms with Crippen molar-refractivity contribution in [1.82, 2.24) is 9.30 Å². The summed E-state index contributed by atoms with van der Waals surface area (Å²) in [5, 5.41) is 112. The molecule has 121 heavy (non-hydrogen) atoms. The van der Waals surface area contributed by atoms with Gasteiger partial charge in [-0.1, -0.05) is 107 Å². The van der Waals surface area contributed by atoms with E-state index < -0.39 is 5.41 Å². The second-order valence-electron chi connectivity index (χ2n) is 46.9. The molecule has 0 amide bonds. The normalized spacial score (nSPS) is 20.2. The van der Waals surface area contributed by atoms with Crippen molar-refractivity contribution in [3.05, 3.63) is 135 Å². The summed E-state index contributed by atoms with van der Waals surface area (Å²) in [5.74, 6) is 0. The molecule has 1 fully saturated rings. The second-order valence-corrected chi connectivity index (χ2v) is 46.9. The zero-order valence-corrected chi connectivity index (χ0v) is 68.3. The van der Waals surface area contributed by atoms with Crippen LogP contribution in [0.1, 0.15) is 139 Å². The van der Waals surface area contributed by atoms with Gasteiger partial charge in [-0.2, -0.15) is 0 Å². The van der Waals surface area contributed by atoms with Crippen LogP contribution in [0.2, 0.25) is 0 Å². The predicted molar refractivity (Wildman–Crippen MR) is 520 cm³/mol. The van der Waals surface area contributed by atoms with Gasteiger partial charge in [-0.3, -0.25) is 4.90 Å². The first-order valence-electron chi connectivity index (χ1n) is 45.5. The molecule has 2 spiro atoms. The highest BCUT2D eigenvalue weighted by atomic mass is 15.2. The highest BCUT2D eigenvalue weighted by Gasteiger charge is 2.76. The van der Waals surface area contributed by atoms with Gasteiger partial charge in [0, 0.05) is 55.7 Å². The summed E-state index contributed by atoms with van der Waals surface area (Å²) < 4.78 is 2.87. The monoisotopic (exact) mass is 1510 g/mol. The number of pyridine rings is 2. The Bertz CT molecular complexity index is 11600. The molecule has 4 aliphatic carbocycles. The minimum atomic E-state index is -0.454. The molecule has 1 aliphatic heterocycles. The van der Waals surface area contributed by atoms with Crippen molar-refractivity contribution in [3.63, 3.8) is 0 Å². The van der Waals surface area contributed by atoms with Crippen molar-refractivity contribution in [3.8, 4) is 11.1 Å². The van der Waals surface area contributed by atoms with Gasteiger partial charge >= 0.3 is 0 Å². The van der Waals surface area contributed by atoms with Gasteiger partial charge in [0.15, 0.2) is 0 Å². The highest BCUT2D eigenvalue weighted by Crippen LogP contribution is 2.87. The molecule has 1 saturated heterocycles. The summed E-state index contributed by atoms with van der Waals surface area (Å²) in [6, 6.07) is 37.4. The fourth-order valence-corrected chi connectivity index (χ4v) is 36.7. The van der Waals surface area contributed by atoms with Crippen LogP contribution < -0.4 is 0 Å². The van der Waals surface area contributed by atoms with E-state index in [0.29, 0.717) is 0 Å². The van der Waals surface area contributed by atoms with Crippen LogP contribution in [0.5, 0.6) is 0 Å². The molecule has 0 saturated carbocycles. The van der Waals surface area contributed by atoms with Gasteiger partial charge in [-0.15, -0.1) is 0 Å². The number of aromatic nitrogens is 1. The number of benzene rings is 27. The third-order valence-corrected chi connectivity index (χ3v) is 39.4. The molecular formula is C119H56N2. The van der Waals surface area contributed by atoms with Crippen LogP contribution >= 0.6 is 0 Å². The molecule has 5 aliphatic rings. The first-order valence-corrected chi connectivity index (χ1v) is 45.5. The van der Waals surface area contributed by atoms with Crippen LogP contribution in [-0.4, -0.2) is 22.9 Å². The molecule has 3 aromatic heterocycles. The van der Waals surface area contributed by atoms with E-state index >= 15 is 0 Å². The average Bonchev–Trinajstić information content (AvgIpc) is 1.38. The minimum Gasteiger partial charge on any atom is -0.307 e. The van der Waals surface area contributed by atoms with Crippen molar-refractivity contribution < 1.29 is 0 Å². The quantitative estimate of drug-likeness (QED) is 0.124. The van der Waals surface area contributed by atoms with E-state index in [9.17, 15) is 0 Å². The standard InChI is InChI=1S/C119H56N2/c1-114(2,3)32-20-36-37-21-33(115(4,5)6)23-39-41-25-35(117(10,11)12)27-43-45-19-31(18-44-42-26-34(116(7,8)9)24-40-38(22-32)46(36)104-105(47(37)39)112(49(41)43)121(110(44)45)111(104)48(40)42)29-14-16-30(17-15-29)113-119-108-100-94-84-72-64-56-52-50-51-54-58(56)66(72)76-70-62(54)63-55(51)59-57-53(50)61-60(52)68-74(64)82-88-78(68)79-69(61)75-65(57)73-67(59)77-71(63)81-80(70)92(86(76)94)102(108)103-93(81)87(77)95-85(73)91-83(75)89(79)97-96(88)106(98(100)90(82)84)118(119,28-120(113)13)107(97)99(91)101(95)109(103)119/h14-27,113H,28H2,1-13H3. The number of hydrogen-bond donors (Lipinski definition) is 0. The van der Waals surface area contributed by atoms with Crippen molar-refractivity contribution in [2.45, 2.75) is 122 Å². The maximum Gasteiger partial charge on any atom is 0.0633 e. The third kappa shape index (κ3) is 3.80. The molecule has 1 unspecified atom stereocenters. The molecule has 2 nitrogen and oxygen atoms in total. The fraction of sp³-hybridized carbons (Fsp3) is 0.176. The summed E-state index contributed by atoms with van der Waals surface area (Å²) in [6.45, 7) is 30.4. The second kappa shape index (κ2) is 13.5. The molecule has 45 rings (SSSR count). The molecule has 0 radical (unpaired) electrons. The Balaban J connectivity index is 0.654. The third-order valence-electron chi connectivity index (χ3n) is 39.4. The maximum atomic E-state index is 3.03. The van der Waals surface area contributed by atoms with E-state index in [1.54, 1.807) is 313 Å². The Morgan fingerprint density at radius 2 is 0.430 bits per heavy atom. The Hall–Kier alpha value is -13.0. The molecule has 0 N–H and O–H groups in total. The SMILES string of the molecule is CN1CC23c4c5c6c7c8c9c(c%10c%11c2c2c4c4c%12c5c5c6c6c8c8c%13c9c9c%10c%10c%11c%11c2c2c4c4c%12c%12c5c5c6c8c6c8c%13c9c9c%10c%10c%11c2c2c4c4c%12c5c6c5c8c9c%10c2c45)C73C1c1ccc(-c2cc3c4cc(C(C)(C)C)cc5c6cc(C(C)(C)C)cc7c8cc(C(C)(C)C)cc9c%10cc(C(C)(C)C)cc%11c(c2)c3n2c(c54)c(c76)c(c89)c2c%10%11)cc1. The number of nitrogens with zero attached hydrogens (tertiary/aromatic N) is 2. The predicted octanol–water partition coefficient (Wildman–Crippen LogP) is 32.7. The summed E-state index contributed by atoms with van der Waals surface area (Å²) in [7, 11) is 2.64. The van der Waals surface area contributed by atoms with Crippen molar-refractivity contribution in [2.24, 2.45) is 0 Å². The average molecular weight is 1510 g/mol. The van der Waals surface area contributed by atoms with Gasteiger partial charge in [0.25, 0.3) is 0 Å². The number of likely N-dealkylation sites (tertiary alicyclic amines) is 1. The summed E-state index contributed by atoms with van der Waals surface area (Å²) >= 11 is 0. The van der Waals surface area contributed by atoms with Gasteiger partial charge in [-0.25, -0.2) is 0 Å². The van der Waals surface area contributed by atoms with Crippen molar-refractivity contribution in [1.29, 1.82) is 0 Å². The van der Waals surface area contributed by atoms with Crippen molar-refractivity contribution >= 4 is 394 Å². The molecule has 1 atom stereocenters. The summed E-state index contributed by atoms with van der Waals surface area (Å²) in [4.78, 5) is 3.03. The van der Waals surface area contributed by atoms with Crippen LogP contribution in [0.4, 0.5) is 0 Å². The largest absolute Gasteiger partial charge is 0.307 e. The Labute approximate surface area is 679 Å². The van der Waals surface area contributed by atoms with Gasteiger partial charge in [0.1, 0.15) is 0 Å². The highest BCUT2D eigenvalue weighted by molar-refractivity contribution is 6.83. The van der Waals surface area contributed by atoms with Crippen LogP contribution in [0.15, 0.2) is 84.9 Å². The Kier molecular flexibility index (Phi) is 6.03. The minimum absolute atomic E-state index is 0.0290. The number of hydrogen-bond acceptors (Lipinski definition) is 1. The lowest BCUT2D eigenvalue weighted by Gasteiger charge is -2.52. The first-order chi connectivity index (χ1) is 58.7. The van der Waals surface area contributed by atoms with E-state index in [1.807, 2.05) is 0 Å². The van der Waals surface area contributed by atoms with Crippen LogP contribution in [0.25, 0.3) is 405 Å². The zero-order valence-electron chi connectivity index (χ0n) is 68.3. The van der Waals surface area contributed by atoms with Crippen LogP contribution in [0, 0.1) is 0 Å². The van der Waals surface area contributed by atoms with E-state index in [0.717, 1.165) is 6.54 Å². The topological polar surface area (TPSA) is 7.65 Å². The van der Waals surface area contributed by atoms with E-state index in [4.69, 9.17) is 0 Å². The molecule has 0 bridgehead atoms. The fourth-order valence-electron chi connectivity index (χ4n) is 36.7. The number of fused-ring (bicyclic) bond motifs is 5. The van der Waals surface area contributed by atoms with Gasteiger partial charge in [0.05, 0.1) is 27.4 Å². The molecule has 542 valence electrons. The van der Waals surface area contributed by atoms with Gasteiger partial charge < -0.3 is 4.40 Å². The summed E-state index contributed by atoms with van der Waals surface area (Å²) in [6.07, 6.45) is 0. The Morgan fingerprint density at radius 1 is 0.215 bits per heavy atom. The van der Waals surface area contributed by atoms with Crippen LogP contribution in [0.3, 0.4) is 0 Å². The number of likely N-dealkylation sites (N-methyl/N-ethyl adjacent to an activating group) is 1. The molecule has 40 aromatic rings. The molecular weight excluding hydrogens is 1460 g/mol. The van der Waals surface area contributed by atoms with Gasteiger partial charge in [-0.05, 0) is 485 Å². The van der Waals surface area contributed by atoms with Crippen LogP contribution in [-0.2, 0) is 32.5 Å². The smallest absolute Gasteiger partial charge is 0.0633 e. The molecule has 2 heteroatoms. The van der Waals surface area contributed by atoms with E-state index in [2.05, 4.69) is 184 Å². The lowest BCUT2D eigenvalue weighted by Crippen LogP contribution is -2.51. The lowest BCUT2D eigenvalue weighted by atomic mass is 9.47. The molecule has 4 heterocycles. The molecule has 37 aromatic carbocycles. The maximum absolute atomic E-state index is 3.03. The summed E-state index contributed by atoms with van der Waals surface area (Å²) in [5.41, 5.74) is 19.7. The Morgan fingerprint density at radius 3 is 0.669 bits per heavy atom. The van der Waals surface area contributed by atoms with Gasteiger partial charge in [0.2, 0.25) is 0 Å². The van der Waals surface area contributed by atoms with E-state index in [1.165, 1.54) is 142 Å². The lowest BCUT2D eigenvalue weighted by molar-refractivity contribution is 0.271. The zero-order chi connectivity index (χ0) is 76.8. The van der Waals surface area contributed by atoms with E-state index in [-0.39, 0.29) is 33.1 Å². The number of rotatable bonds is 2. The van der Waals surface area contributed by atoms with Crippen molar-refractivity contribution in [2.75, 3.05) is 13.6 Å².